The van der Waals surface area contributed by atoms with Crippen LogP contribution in [-0.4, -0.2) is 76.5 Å². The number of rotatable bonds is 7. The number of hydrogen-bond donors (Lipinski definition) is 2. The SMILES string of the molecule is CC(C)(C)OC(=O)N1CCC(CN2CCC(C3CCNc4c(C(N)=O)c(-c5ccc(Oc6ccccc6)cc5)nn43)CC2)CC1. The zero-order chi connectivity index (χ0) is 31.6. The lowest BCUT2D eigenvalue weighted by Crippen LogP contribution is -2.45. The normalized spacial score (nSPS) is 19.9. The van der Waals surface area contributed by atoms with Gasteiger partial charge in [-0.25, -0.2) is 9.48 Å². The fourth-order valence-corrected chi connectivity index (χ4v) is 6.99. The first-order chi connectivity index (χ1) is 21.6. The van der Waals surface area contributed by atoms with Gasteiger partial charge in [0.15, 0.2) is 0 Å². The van der Waals surface area contributed by atoms with E-state index in [1.54, 1.807) is 0 Å². The molecular formula is C35H46N6O4. The van der Waals surface area contributed by atoms with Gasteiger partial charge in [-0.05, 0) is 114 Å². The Balaban J connectivity index is 1.08. The number of para-hydroxylation sites is 1. The third kappa shape index (κ3) is 7.27. The Bertz CT molecular complexity index is 1470. The van der Waals surface area contributed by atoms with Gasteiger partial charge in [-0.3, -0.25) is 4.79 Å². The number of benzene rings is 2. The summed E-state index contributed by atoms with van der Waals surface area (Å²) in [7, 11) is 0. The van der Waals surface area contributed by atoms with E-state index in [1.807, 2.05) is 85.0 Å². The van der Waals surface area contributed by atoms with Crippen molar-refractivity contribution in [3.63, 3.8) is 0 Å². The third-order valence-electron chi connectivity index (χ3n) is 9.27. The minimum atomic E-state index is -0.475. The van der Waals surface area contributed by atoms with Crippen molar-refractivity contribution < 1.29 is 19.1 Å². The molecule has 240 valence electrons. The van der Waals surface area contributed by atoms with E-state index in [4.69, 9.17) is 20.3 Å². The molecule has 3 aliphatic rings. The maximum atomic E-state index is 12.7. The summed E-state index contributed by atoms with van der Waals surface area (Å²) in [6.45, 7) is 11.2. The highest BCUT2D eigenvalue weighted by molar-refractivity contribution is 6.03. The molecule has 0 spiro atoms. The van der Waals surface area contributed by atoms with Crippen LogP contribution in [-0.2, 0) is 4.74 Å². The highest BCUT2D eigenvalue weighted by atomic mass is 16.6. The van der Waals surface area contributed by atoms with E-state index in [0.717, 1.165) is 88.5 Å². The first-order valence-electron chi connectivity index (χ1n) is 16.3. The van der Waals surface area contributed by atoms with Crippen LogP contribution >= 0.6 is 0 Å². The highest BCUT2D eigenvalue weighted by Crippen LogP contribution is 2.40. The molecule has 3 N–H and O–H groups in total. The summed E-state index contributed by atoms with van der Waals surface area (Å²) in [6.07, 6.45) is 4.98. The molecule has 4 heterocycles. The number of likely N-dealkylation sites (tertiary alicyclic amines) is 2. The molecular weight excluding hydrogens is 568 g/mol. The number of fused-ring (bicyclic) bond motifs is 1. The van der Waals surface area contributed by atoms with Crippen molar-refractivity contribution in [1.29, 1.82) is 0 Å². The van der Waals surface area contributed by atoms with Crippen molar-refractivity contribution in [2.45, 2.75) is 64.5 Å². The molecule has 2 saturated heterocycles. The molecule has 0 aliphatic carbocycles. The van der Waals surface area contributed by atoms with Crippen molar-refractivity contribution >= 4 is 17.8 Å². The Hall–Kier alpha value is -4.05. The molecule has 1 atom stereocenters. The van der Waals surface area contributed by atoms with E-state index in [2.05, 4.69) is 10.2 Å². The largest absolute Gasteiger partial charge is 0.457 e. The third-order valence-corrected chi connectivity index (χ3v) is 9.27. The Morgan fingerprint density at radius 3 is 2.22 bits per heavy atom. The molecule has 2 fully saturated rings. The molecule has 2 amide bonds. The van der Waals surface area contributed by atoms with Crippen LogP contribution in [0, 0.1) is 11.8 Å². The molecule has 1 unspecified atom stereocenters. The van der Waals surface area contributed by atoms with Crippen LogP contribution in [0.25, 0.3) is 11.3 Å². The number of piperidine rings is 2. The van der Waals surface area contributed by atoms with Gasteiger partial charge in [0.05, 0.1) is 6.04 Å². The van der Waals surface area contributed by atoms with Gasteiger partial charge in [0.1, 0.15) is 34.2 Å². The molecule has 0 saturated carbocycles. The second kappa shape index (κ2) is 13.1. The predicted molar refractivity (Wildman–Crippen MR) is 175 cm³/mol. The zero-order valence-corrected chi connectivity index (χ0v) is 26.7. The number of aromatic nitrogens is 2. The lowest BCUT2D eigenvalue weighted by atomic mass is 9.86. The molecule has 3 aliphatic heterocycles. The number of nitrogens with one attached hydrogen (secondary N) is 1. The topological polar surface area (TPSA) is 115 Å². The van der Waals surface area contributed by atoms with Crippen molar-refractivity contribution in [3.05, 3.63) is 60.2 Å². The quantitative estimate of drug-likeness (QED) is 0.328. The van der Waals surface area contributed by atoms with Crippen LogP contribution < -0.4 is 15.8 Å². The van der Waals surface area contributed by atoms with E-state index in [9.17, 15) is 9.59 Å². The number of carbonyl (C=O) groups is 2. The van der Waals surface area contributed by atoms with E-state index in [-0.39, 0.29) is 12.1 Å². The molecule has 0 bridgehead atoms. The summed E-state index contributed by atoms with van der Waals surface area (Å²) in [5, 5.41) is 8.46. The summed E-state index contributed by atoms with van der Waals surface area (Å²) >= 11 is 0. The van der Waals surface area contributed by atoms with E-state index in [1.165, 1.54) is 0 Å². The summed E-state index contributed by atoms with van der Waals surface area (Å²) in [5.74, 6) is 2.82. The maximum absolute atomic E-state index is 12.7. The van der Waals surface area contributed by atoms with Gasteiger partial charge in [-0.15, -0.1) is 0 Å². The number of nitrogens with two attached hydrogens (primary N) is 1. The molecule has 2 aromatic carbocycles. The van der Waals surface area contributed by atoms with E-state index >= 15 is 0 Å². The Labute approximate surface area is 265 Å². The van der Waals surface area contributed by atoms with Crippen molar-refractivity contribution in [3.8, 4) is 22.8 Å². The number of hydrogen-bond acceptors (Lipinski definition) is 7. The Morgan fingerprint density at radius 2 is 1.58 bits per heavy atom. The monoisotopic (exact) mass is 614 g/mol. The van der Waals surface area contributed by atoms with Crippen molar-refractivity contribution in [2.24, 2.45) is 17.6 Å². The standard InChI is InChI=1S/C35H46N6O4/c1-35(2,3)45-34(43)40-21-14-24(15-22-40)23-39-19-16-25(17-20-39)29-13-18-37-33-30(32(36)42)31(38-41(29)33)26-9-11-28(12-10-26)44-27-7-5-4-6-8-27/h4-12,24-25,29,37H,13-23H2,1-3H3,(H2,36,42). The van der Waals surface area contributed by atoms with Crippen LogP contribution in [0.1, 0.15) is 69.3 Å². The van der Waals surface area contributed by atoms with Gasteiger partial charge in [-0.2, -0.15) is 5.10 Å². The molecule has 10 nitrogen and oxygen atoms in total. The van der Waals surface area contributed by atoms with E-state index in [0.29, 0.717) is 28.8 Å². The number of nitrogens with zero attached hydrogens (tertiary/aromatic N) is 4. The highest BCUT2D eigenvalue weighted by Gasteiger charge is 2.36. The zero-order valence-electron chi connectivity index (χ0n) is 26.7. The van der Waals surface area contributed by atoms with Gasteiger partial charge >= 0.3 is 6.09 Å². The lowest BCUT2D eigenvalue weighted by molar-refractivity contribution is 0.0161. The van der Waals surface area contributed by atoms with Crippen molar-refractivity contribution in [1.82, 2.24) is 19.6 Å². The molecule has 10 heteroatoms. The number of carbonyl (C=O) groups excluding carboxylic acids is 2. The Kier molecular flexibility index (Phi) is 9.03. The average Bonchev–Trinajstić information content (AvgIpc) is 3.42. The van der Waals surface area contributed by atoms with Crippen LogP contribution in [0.2, 0.25) is 0 Å². The summed E-state index contributed by atoms with van der Waals surface area (Å²) in [5.41, 5.74) is 7.37. The molecule has 1 aromatic heterocycles. The average molecular weight is 615 g/mol. The number of primary amides is 1. The first kappa shape index (κ1) is 31.0. The summed E-state index contributed by atoms with van der Waals surface area (Å²) < 4.78 is 13.6. The minimum Gasteiger partial charge on any atom is -0.457 e. The fourth-order valence-electron chi connectivity index (χ4n) is 6.99. The lowest BCUT2D eigenvalue weighted by Gasteiger charge is -2.40. The van der Waals surface area contributed by atoms with Crippen LogP contribution in [0.15, 0.2) is 54.6 Å². The maximum Gasteiger partial charge on any atom is 0.410 e. The number of amides is 2. The predicted octanol–water partition coefficient (Wildman–Crippen LogP) is 6.16. The van der Waals surface area contributed by atoms with Crippen LogP contribution in [0.4, 0.5) is 10.6 Å². The second-order valence-electron chi connectivity index (χ2n) is 13.7. The van der Waals surface area contributed by atoms with E-state index < -0.39 is 11.5 Å². The first-order valence-corrected chi connectivity index (χ1v) is 16.3. The van der Waals surface area contributed by atoms with Gasteiger partial charge in [0.25, 0.3) is 5.91 Å². The van der Waals surface area contributed by atoms with Gasteiger partial charge in [-0.1, -0.05) is 18.2 Å². The second-order valence-corrected chi connectivity index (χ2v) is 13.7. The fraction of sp³-hybridized carbons (Fsp3) is 0.514. The smallest absolute Gasteiger partial charge is 0.410 e. The molecule has 45 heavy (non-hydrogen) atoms. The Morgan fingerprint density at radius 1 is 0.911 bits per heavy atom. The van der Waals surface area contributed by atoms with Gasteiger partial charge in [0.2, 0.25) is 0 Å². The van der Waals surface area contributed by atoms with Gasteiger partial charge in [0, 0.05) is 31.7 Å². The summed E-state index contributed by atoms with van der Waals surface area (Å²) in [4.78, 5) is 29.6. The number of anilines is 1. The van der Waals surface area contributed by atoms with Crippen LogP contribution in [0.3, 0.4) is 0 Å². The number of ether oxygens (including phenoxy) is 2. The summed E-state index contributed by atoms with van der Waals surface area (Å²) in [6, 6.07) is 17.5. The molecule has 6 rings (SSSR count). The molecule has 0 radical (unpaired) electrons. The van der Waals surface area contributed by atoms with Crippen molar-refractivity contribution in [2.75, 3.05) is 44.6 Å². The van der Waals surface area contributed by atoms with Gasteiger partial charge < -0.3 is 30.3 Å². The minimum absolute atomic E-state index is 0.196. The van der Waals surface area contributed by atoms with Crippen LogP contribution in [0.5, 0.6) is 11.5 Å². The molecule has 3 aromatic rings.